The topological polar surface area (TPSA) is 19.7 Å². The normalized spacial score (nSPS) is 13.6. The molecule has 0 aliphatic heterocycles. The molecule has 3 rings (SSSR count). The molecule has 0 spiro atoms. The van der Waals surface area contributed by atoms with Crippen LogP contribution in [0.5, 0.6) is 0 Å². The molecule has 0 bridgehead atoms. The maximum Gasteiger partial charge on any atom is 0.258 e. The Hall–Kier alpha value is -2.35. The van der Waals surface area contributed by atoms with Gasteiger partial charge in [0.2, 0.25) is 0 Å². The van der Waals surface area contributed by atoms with Gasteiger partial charge in [-0.05, 0) is 36.8 Å². The van der Waals surface area contributed by atoms with Gasteiger partial charge in [0.25, 0.3) is 5.82 Å². The molecule has 1 heterocycles. The van der Waals surface area contributed by atoms with E-state index in [9.17, 15) is 0 Å². The van der Waals surface area contributed by atoms with Crippen molar-refractivity contribution in [2.75, 3.05) is 0 Å². The van der Waals surface area contributed by atoms with Gasteiger partial charge in [-0.15, -0.1) is 0 Å². The van der Waals surface area contributed by atoms with Gasteiger partial charge in [-0.2, -0.15) is 0 Å². The predicted octanol–water partition coefficient (Wildman–Crippen LogP) is 12.8. The van der Waals surface area contributed by atoms with E-state index in [4.69, 9.17) is 0 Å². The van der Waals surface area contributed by atoms with Crippen molar-refractivity contribution in [2.45, 2.75) is 180 Å². The van der Waals surface area contributed by atoms with Crippen molar-refractivity contribution in [3.63, 3.8) is 0 Å². The molecule has 0 aliphatic carbocycles. The SMILES string of the molecule is CCCCCCCCCCCCCCC(c1[nH]cc[n+]1CCCCCCCCCC)C(C)(Cc1ccccc1)c1ccccc1. The maximum atomic E-state index is 3.80. The van der Waals surface area contributed by atoms with Gasteiger partial charge in [-0.3, -0.25) is 0 Å². The Morgan fingerprint density at radius 1 is 0.578 bits per heavy atom. The third-order valence-corrected chi connectivity index (χ3v) is 10.3. The van der Waals surface area contributed by atoms with E-state index in [1.807, 2.05) is 0 Å². The van der Waals surface area contributed by atoms with Crippen LogP contribution in [-0.4, -0.2) is 4.98 Å². The largest absolute Gasteiger partial charge is 0.258 e. The van der Waals surface area contributed by atoms with Crippen LogP contribution in [0.25, 0.3) is 0 Å². The summed E-state index contributed by atoms with van der Waals surface area (Å²) in [4.78, 5) is 3.80. The molecule has 0 saturated carbocycles. The third kappa shape index (κ3) is 13.9. The molecule has 0 saturated heterocycles. The average molecular weight is 614 g/mol. The number of nitrogens with zero attached hydrogens (tertiary/aromatic N) is 1. The second-order valence-electron chi connectivity index (χ2n) is 14.2. The molecule has 0 amide bonds. The number of hydrogen-bond donors (Lipinski definition) is 1. The molecule has 0 fully saturated rings. The molecule has 45 heavy (non-hydrogen) atoms. The third-order valence-electron chi connectivity index (χ3n) is 10.3. The number of H-pyrrole nitrogens is 1. The number of hydrogen-bond acceptors (Lipinski definition) is 0. The van der Waals surface area contributed by atoms with Crippen molar-refractivity contribution in [1.29, 1.82) is 0 Å². The second kappa shape index (κ2) is 23.0. The molecular weight excluding hydrogens is 544 g/mol. The first-order valence-corrected chi connectivity index (χ1v) is 19.3. The molecule has 2 aromatic carbocycles. The molecule has 3 aromatic rings. The van der Waals surface area contributed by atoms with Gasteiger partial charge in [0.05, 0.1) is 12.5 Å². The fourth-order valence-electron chi connectivity index (χ4n) is 7.50. The number of aryl methyl sites for hydroxylation is 1. The first kappa shape index (κ1) is 37.1. The van der Waals surface area contributed by atoms with Gasteiger partial charge < -0.3 is 0 Å². The number of unbranched alkanes of at least 4 members (excludes halogenated alkanes) is 18. The fraction of sp³-hybridized carbons (Fsp3) is 0.651. The zero-order valence-electron chi connectivity index (χ0n) is 29.7. The second-order valence-corrected chi connectivity index (χ2v) is 14.2. The maximum absolute atomic E-state index is 3.80. The molecular formula is C43H69N2+. The summed E-state index contributed by atoms with van der Waals surface area (Å²) in [6, 6.07) is 22.6. The highest BCUT2D eigenvalue weighted by atomic mass is 15.1. The Morgan fingerprint density at radius 2 is 1.04 bits per heavy atom. The van der Waals surface area contributed by atoms with Crippen molar-refractivity contribution in [2.24, 2.45) is 0 Å². The molecule has 2 unspecified atom stereocenters. The van der Waals surface area contributed by atoms with Crippen LogP contribution >= 0.6 is 0 Å². The van der Waals surface area contributed by atoms with Gasteiger partial charge in [0.1, 0.15) is 12.4 Å². The van der Waals surface area contributed by atoms with E-state index in [1.165, 1.54) is 152 Å². The minimum Gasteiger partial charge on any atom is -0.247 e. The molecule has 2 heteroatoms. The van der Waals surface area contributed by atoms with Crippen molar-refractivity contribution >= 4 is 0 Å². The minimum absolute atomic E-state index is 0.00622. The number of rotatable bonds is 27. The molecule has 250 valence electrons. The van der Waals surface area contributed by atoms with Crippen LogP contribution in [0.1, 0.15) is 178 Å². The van der Waals surface area contributed by atoms with E-state index in [2.05, 4.69) is 103 Å². The van der Waals surface area contributed by atoms with E-state index >= 15 is 0 Å². The Labute approximate surface area is 278 Å². The Balaban J connectivity index is 1.65. The summed E-state index contributed by atoms with van der Waals surface area (Å²) in [5.41, 5.74) is 2.91. The van der Waals surface area contributed by atoms with Crippen LogP contribution in [0.2, 0.25) is 0 Å². The van der Waals surface area contributed by atoms with Crippen LogP contribution in [0.3, 0.4) is 0 Å². The molecule has 2 nitrogen and oxygen atoms in total. The number of nitrogens with one attached hydrogen (secondary N) is 1. The monoisotopic (exact) mass is 614 g/mol. The highest BCUT2D eigenvalue weighted by molar-refractivity contribution is 5.32. The van der Waals surface area contributed by atoms with Crippen molar-refractivity contribution in [1.82, 2.24) is 4.98 Å². The molecule has 0 aliphatic rings. The Bertz CT molecular complexity index is 1090. The van der Waals surface area contributed by atoms with E-state index in [1.54, 1.807) is 0 Å². The standard InChI is InChI=1S/C43H68N2/c1-4-6-8-10-12-14-15-16-17-18-20-28-34-41(42-44-35-37-45(42)36-29-21-19-13-11-9-7-5-2)43(3,40-32-26-23-27-33-40)38-39-30-24-22-25-31-39/h22-27,30-33,35,37,41H,4-21,28-29,34,36,38H2,1-3H3/p+1. The molecule has 1 aromatic heterocycles. The summed E-state index contributed by atoms with van der Waals surface area (Å²) in [5, 5.41) is 0. The van der Waals surface area contributed by atoms with E-state index in [0.717, 1.165) is 13.0 Å². The zero-order valence-corrected chi connectivity index (χ0v) is 29.7. The summed E-state index contributed by atoms with van der Waals surface area (Å²) < 4.78 is 2.58. The van der Waals surface area contributed by atoms with Gasteiger partial charge in [0, 0.05) is 5.41 Å². The predicted molar refractivity (Wildman–Crippen MR) is 196 cm³/mol. The van der Waals surface area contributed by atoms with Crippen LogP contribution in [0, 0.1) is 0 Å². The molecule has 2 atom stereocenters. The summed E-state index contributed by atoms with van der Waals surface area (Å²) in [5.74, 6) is 1.87. The molecule has 0 radical (unpaired) electrons. The van der Waals surface area contributed by atoms with E-state index in [-0.39, 0.29) is 5.41 Å². The number of aromatic amines is 1. The summed E-state index contributed by atoms with van der Waals surface area (Å²) >= 11 is 0. The lowest BCUT2D eigenvalue weighted by molar-refractivity contribution is -0.705. The van der Waals surface area contributed by atoms with Crippen molar-refractivity contribution in [3.8, 4) is 0 Å². The Morgan fingerprint density at radius 3 is 1.58 bits per heavy atom. The van der Waals surface area contributed by atoms with Crippen LogP contribution in [-0.2, 0) is 18.4 Å². The smallest absolute Gasteiger partial charge is 0.247 e. The number of imidazole rings is 1. The summed E-state index contributed by atoms with van der Waals surface area (Å²) in [6.07, 6.45) is 34.5. The zero-order chi connectivity index (χ0) is 31.8. The van der Waals surface area contributed by atoms with Crippen LogP contribution in [0.15, 0.2) is 73.1 Å². The quantitative estimate of drug-likeness (QED) is 0.0652. The first-order chi connectivity index (χ1) is 22.2. The van der Waals surface area contributed by atoms with Crippen molar-refractivity contribution in [3.05, 3.63) is 90.0 Å². The minimum atomic E-state index is 0.00622. The van der Waals surface area contributed by atoms with Gasteiger partial charge in [0.15, 0.2) is 0 Å². The first-order valence-electron chi connectivity index (χ1n) is 19.3. The lowest BCUT2D eigenvalue weighted by Gasteiger charge is -2.37. The van der Waals surface area contributed by atoms with Gasteiger partial charge in [-0.25, -0.2) is 9.55 Å². The number of benzene rings is 2. The summed E-state index contributed by atoms with van der Waals surface area (Å²) in [7, 11) is 0. The van der Waals surface area contributed by atoms with Crippen LogP contribution in [0.4, 0.5) is 0 Å². The van der Waals surface area contributed by atoms with Crippen LogP contribution < -0.4 is 4.57 Å². The van der Waals surface area contributed by atoms with E-state index in [0.29, 0.717) is 5.92 Å². The average Bonchev–Trinajstić information content (AvgIpc) is 3.53. The number of aromatic nitrogens is 2. The lowest BCUT2D eigenvalue weighted by Crippen LogP contribution is -2.43. The van der Waals surface area contributed by atoms with Gasteiger partial charge >= 0.3 is 0 Å². The summed E-state index contributed by atoms with van der Waals surface area (Å²) in [6.45, 7) is 8.28. The lowest BCUT2D eigenvalue weighted by atomic mass is 9.66. The Kier molecular flexibility index (Phi) is 19.0. The molecule has 1 N–H and O–H groups in total. The highest BCUT2D eigenvalue weighted by Crippen LogP contribution is 2.43. The van der Waals surface area contributed by atoms with E-state index < -0.39 is 0 Å². The van der Waals surface area contributed by atoms with Gasteiger partial charge in [-0.1, -0.05) is 197 Å². The van der Waals surface area contributed by atoms with Crippen molar-refractivity contribution < 1.29 is 4.57 Å². The fourth-order valence-corrected chi connectivity index (χ4v) is 7.50. The highest BCUT2D eigenvalue weighted by Gasteiger charge is 2.41.